The van der Waals surface area contributed by atoms with E-state index in [-0.39, 0.29) is 6.04 Å². The number of aromatic nitrogens is 2. The summed E-state index contributed by atoms with van der Waals surface area (Å²) in [4.78, 5) is 0. The van der Waals surface area contributed by atoms with E-state index in [4.69, 9.17) is 5.73 Å². The fraction of sp³-hybridized carbons (Fsp3) is 0.727. The van der Waals surface area contributed by atoms with Crippen molar-refractivity contribution in [2.75, 3.05) is 0 Å². The highest BCUT2D eigenvalue weighted by Crippen LogP contribution is 2.36. The van der Waals surface area contributed by atoms with Gasteiger partial charge in [-0.3, -0.25) is 4.68 Å². The van der Waals surface area contributed by atoms with Crippen molar-refractivity contribution in [2.24, 2.45) is 5.73 Å². The molecular weight excluding hydrogens is 174 g/mol. The van der Waals surface area contributed by atoms with Gasteiger partial charge in [0.15, 0.2) is 0 Å². The summed E-state index contributed by atoms with van der Waals surface area (Å²) < 4.78 is 2.04. The van der Waals surface area contributed by atoms with Crippen molar-refractivity contribution in [2.45, 2.75) is 51.6 Å². The highest BCUT2D eigenvalue weighted by atomic mass is 15.3. The van der Waals surface area contributed by atoms with Gasteiger partial charge < -0.3 is 5.73 Å². The predicted octanol–water partition coefficient (Wildman–Crippen LogP) is 2.19. The van der Waals surface area contributed by atoms with Gasteiger partial charge in [-0.1, -0.05) is 6.42 Å². The minimum atomic E-state index is 0.0938. The summed E-state index contributed by atoms with van der Waals surface area (Å²) >= 11 is 0. The Hall–Kier alpha value is -0.830. The molecule has 1 fully saturated rings. The Balaban J connectivity index is 2.25. The van der Waals surface area contributed by atoms with Crippen LogP contribution in [0, 0.1) is 0 Å². The van der Waals surface area contributed by atoms with Crippen LogP contribution < -0.4 is 5.73 Å². The van der Waals surface area contributed by atoms with Gasteiger partial charge in [0.2, 0.25) is 0 Å². The van der Waals surface area contributed by atoms with Crippen molar-refractivity contribution in [1.82, 2.24) is 9.78 Å². The van der Waals surface area contributed by atoms with Crippen LogP contribution in [0.5, 0.6) is 0 Å². The molecule has 1 atom stereocenters. The molecule has 0 spiro atoms. The molecule has 2 N–H and O–H groups in total. The van der Waals surface area contributed by atoms with Crippen LogP contribution in [-0.2, 0) is 6.54 Å². The van der Waals surface area contributed by atoms with E-state index in [2.05, 4.69) is 18.1 Å². The summed E-state index contributed by atoms with van der Waals surface area (Å²) in [6.45, 7) is 5.06. The smallest absolute Gasteiger partial charge is 0.0659 e. The summed E-state index contributed by atoms with van der Waals surface area (Å²) in [6.07, 6.45) is 3.97. The Morgan fingerprint density at radius 2 is 2.36 bits per heavy atom. The first-order chi connectivity index (χ1) is 6.72. The van der Waals surface area contributed by atoms with E-state index in [1.54, 1.807) is 0 Å². The maximum atomic E-state index is 5.90. The van der Waals surface area contributed by atoms with Crippen LogP contribution in [0.1, 0.15) is 56.5 Å². The van der Waals surface area contributed by atoms with Crippen LogP contribution in [0.2, 0.25) is 0 Å². The fourth-order valence-electron chi connectivity index (χ4n) is 1.98. The molecule has 1 aromatic rings. The van der Waals surface area contributed by atoms with Crippen molar-refractivity contribution < 1.29 is 0 Å². The number of hydrogen-bond donors (Lipinski definition) is 1. The second-order valence-corrected chi connectivity index (χ2v) is 4.23. The Morgan fingerprint density at radius 1 is 1.64 bits per heavy atom. The third kappa shape index (κ3) is 1.57. The van der Waals surface area contributed by atoms with E-state index in [9.17, 15) is 0 Å². The van der Waals surface area contributed by atoms with Crippen molar-refractivity contribution in [3.63, 3.8) is 0 Å². The summed E-state index contributed by atoms with van der Waals surface area (Å²) in [5, 5.41) is 4.61. The second kappa shape index (κ2) is 3.73. The topological polar surface area (TPSA) is 43.8 Å². The Morgan fingerprint density at radius 3 is 2.71 bits per heavy atom. The number of aryl methyl sites for hydroxylation is 1. The van der Waals surface area contributed by atoms with E-state index in [1.807, 2.05) is 11.6 Å². The maximum Gasteiger partial charge on any atom is 0.0659 e. The van der Waals surface area contributed by atoms with E-state index in [1.165, 1.54) is 30.7 Å². The van der Waals surface area contributed by atoms with Gasteiger partial charge >= 0.3 is 0 Å². The van der Waals surface area contributed by atoms with Gasteiger partial charge in [0.05, 0.1) is 11.4 Å². The quantitative estimate of drug-likeness (QED) is 0.799. The zero-order chi connectivity index (χ0) is 10.1. The van der Waals surface area contributed by atoms with Crippen LogP contribution in [0.3, 0.4) is 0 Å². The Kier molecular flexibility index (Phi) is 2.59. The van der Waals surface area contributed by atoms with Crippen LogP contribution in [0.25, 0.3) is 0 Å². The van der Waals surface area contributed by atoms with Gasteiger partial charge in [-0.15, -0.1) is 0 Å². The molecule has 0 aliphatic heterocycles. The zero-order valence-corrected chi connectivity index (χ0v) is 9.03. The molecule has 1 aromatic heterocycles. The molecule has 0 radical (unpaired) electrons. The van der Waals surface area contributed by atoms with Crippen molar-refractivity contribution in [1.29, 1.82) is 0 Å². The molecule has 0 saturated heterocycles. The van der Waals surface area contributed by atoms with Gasteiger partial charge in [-0.25, -0.2) is 0 Å². The first-order valence-corrected chi connectivity index (χ1v) is 5.55. The lowest BCUT2D eigenvalue weighted by Crippen LogP contribution is -2.12. The molecule has 1 saturated carbocycles. The molecule has 1 aliphatic carbocycles. The van der Waals surface area contributed by atoms with Crippen LogP contribution in [0.15, 0.2) is 6.07 Å². The maximum absolute atomic E-state index is 5.90. The standard InChI is InChI=1S/C11H19N3/c1-3-14-11(8(2)12)7-10(13-14)9-5-4-6-9/h7-9H,3-6,12H2,1-2H3/t8-/m1/s1. The summed E-state index contributed by atoms with van der Waals surface area (Å²) in [6, 6.07) is 2.29. The molecular formula is C11H19N3. The van der Waals surface area contributed by atoms with Crippen molar-refractivity contribution in [3.8, 4) is 0 Å². The van der Waals surface area contributed by atoms with Crippen LogP contribution in [0.4, 0.5) is 0 Å². The summed E-state index contributed by atoms with van der Waals surface area (Å²) in [7, 11) is 0. The molecule has 3 heteroatoms. The van der Waals surface area contributed by atoms with Gasteiger partial charge in [-0.2, -0.15) is 5.10 Å². The normalized spacial score (nSPS) is 19.4. The van der Waals surface area contributed by atoms with Gasteiger partial charge in [0.25, 0.3) is 0 Å². The number of nitrogens with two attached hydrogens (primary N) is 1. The Bertz CT molecular complexity index is 310. The molecule has 2 rings (SSSR count). The average Bonchev–Trinajstić information content (AvgIpc) is 2.45. The van der Waals surface area contributed by atoms with Gasteiger partial charge in [-0.05, 0) is 32.8 Å². The van der Waals surface area contributed by atoms with E-state index < -0.39 is 0 Å². The van der Waals surface area contributed by atoms with Crippen LogP contribution >= 0.6 is 0 Å². The van der Waals surface area contributed by atoms with E-state index in [0.717, 1.165) is 6.54 Å². The molecule has 0 aromatic carbocycles. The highest BCUT2D eigenvalue weighted by molar-refractivity contribution is 5.18. The third-order valence-electron chi connectivity index (χ3n) is 3.12. The largest absolute Gasteiger partial charge is 0.323 e. The van der Waals surface area contributed by atoms with Crippen LogP contribution in [-0.4, -0.2) is 9.78 Å². The minimum absolute atomic E-state index is 0.0938. The predicted molar refractivity (Wildman–Crippen MR) is 57.1 cm³/mol. The number of hydrogen-bond acceptors (Lipinski definition) is 2. The first-order valence-electron chi connectivity index (χ1n) is 5.55. The highest BCUT2D eigenvalue weighted by Gasteiger charge is 2.23. The molecule has 1 aliphatic rings. The number of rotatable bonds is 3. The van der Waals surface area contributed by atoms with Gasteiger partial charge in [0.1, 0.15) is 0 Å². The van der Waals surface area contributed by atoms with E-state index in [0.29, 0.717) is 5.92 Å². The molecule has 0 unspecified atom stereocenters. The molecule has 0 amide bonds. The molecule has 14 heavy (non-hydrogen) atoms. The zero-order valence-electron chi connectivity index (χ0n) is 9.03. The Labute approximate surface area is 85.3 Å². The number of nitrogens with zero attached hydrogens (tertiary/aromatic N) is 2. The SMILES string of the molecule is CCn1nc(C2CCC2)cc1[C@@H](C)N. The van der Waals surface area contributed by atoms with Crippen molar-refractivity contribution in [3.05, 3.63) is 17.5 Å². The minimum Gasteiger partial charge on any atom is -0.323 e. The van der Waals surface area contributed by atoms with Crippen molar-refractivity contribution >= 4 is 0 Å². The summed E-state index contributed by atoms with van der Waals surface area (Å²) in [5.41, 5.74) is 8.33. The lowest BCUT2D eigenvalue weighted by Gasteiger charge is -2.22. The molecule has 78 valence electrons. The monoisotopic (exact) mass is 193 g/mol. The first kappa shape index (κ1) is 9.71. The molecule has 1 heterocycles. The molecule has 3 nitrogen and oxygen atoms in total. The summed E-state index contributed by atoms with van der Waals surface area (Å²) in [5.74, 6) is 0.709. The lowest BCUT2D eigenvalue weighted by atomic mass is 9.83. The lowest BCUT2D eigenvalue weighted by molar-refractivity contribution is 0.406. The van der Waals surface area contributed by atoms with Gasteiger partial charge in [0, 0.05) is 18.5 Å². The fourth-order valence-corrected chi connectivity index (χ4v) is 1.98. The molecule has 0 bridgehead atoms. The average molecular weight is 193 g/mol. The van der Waals surface area contributed by atoms with E-state index >= 15 is 0 Å². The second-order valence-electron chi connectivity index (χ2n) is 4.23. The third-order valence-corrected chi connectivity index (χ3v) is 3.12.